The lowest BCUT2D eigenvalue weighted by Gasteiger charge is -2.59. The van der Waals surface area contributed by atoms with Crippen LogP contribution < -0.4 is 5.32 Å². The fourth-order valence-corrected chi connectivity index (χ4v) is 4.49. The smallest absolute Gasteiger partial charge is 0.236 e. The van der Waals surface area contributed by atoms with Gasteiger partial charge in [0.25, 0.3) is 0 Å². The molecule has 0 aromatic carbocycles. The molecule has 0 aromatic heterocycles. The fraction of sp³-hybridized carbons (Fsp3) is 0.905. The molecule has 0 spiro atoms. The Balaban J connectivity index is 1.50. The normalized spacial score (nSPS) is 30.8. The number of hydrogen-bond donors (Lipinski definition) is 1. The number of nitrogens with one attached hydrogen (secondary N) is 1. The van der Waals surface area contributed by atoms with E-state index in [4.69, 9.17) is 14.5 Å². The Labute approximate surface area is 175 Å². The van der Waals surface area contributed by atoms with Crippen LogP contribution in [0.1, 0.15) is 34.1 Å². The molecular formula is C21H39N5O3. The number of rotatable bonds is 5. The second-order valence-corrected chi connectivity index (χ2v) is 9.11. The van der Waals surface area contributed by atoms with Crippen LogP contribution in [0.5, 0.6) is 0 Å². The fourth-order valence-electron chi connectivity index (χ4n) is 4.49. The number of ether oxygens (including phenoxy) is 2. The van der Waals surface area contributed by atoms with Crippen molar-refractivity contribution < 1.29 is 14.3 Å². The molecule has 3 fully saturated rings. The number of guanidine groups is 1. The van der Waals surface area contributed by atoms with Gasteiger partial charge in [0.1, 0.15) is 0 Å². The summed E-state index contributed by atoms with van der Waals surface area (Å²) < 4.78 is 11.1. The highest BCUT2D eigenvalue weighted by atomic mass is 16.5. The molecule has 8 heteroatoms. The van der Waals surface area contributed by atoms with Gasteiger partial charge in [-0.15, -0.1) is 0 Å². The van der Waals surface area contributed by atoms with Gasteiger partial charge in [0.05, 0.1) is 25.4 Å². The van der Waals surface area contributed by atoms with E-state index in [-0.39, 0.29) is 16.9 Å². The van der Waals surface area contributed by atoms with E-state index < -0.39 is 0 Å². The Morgan fingerprint density at radius 3 is 2.31 bits per heavy atom. The Kier molecular flexibility index (Phi) is 7.06. The largest absolute Gasteiger partial charge is 0.378 e. The topological polar surface area (TPSA) is 69.6 Å². The summed E-state index contributed by atoms with van der Waals surface area (Å²) in [6.45, 7) is 16.3. The minimum absolute atomic E-state index is 0.0443. The van der Waals surface area contributed by atoms with Crippen LogP contribution in [0, 0.1) is 5.41 Å². The van der Waals surface area contributed by atoms with E-state index in [0.29, 0.717) is 38.9 Å². The van der Waals surface area contributed by atoms with Gasteiger partial charge in [-0.05, 0) is 20.3 Å². The summed E-state index contributed by atoms with van der Waals surface area (Å²) in [5, 5.41) is 3.70. The summed E-state index contributed by atoms with van der Waals surface area (Å²) in [6.07, 6.45) is 0.979. The molecule has 166 valence electrons. The first-order chi connectivity index (χ1) is 13.8. The van der Waals surface area contributed by atoms with Crippen molar-refractivity contribution >= 4 is 11.9 Å². The highest BCUT2D eigenvalue weighted by molar-refractivity contribution is 5.81. The molecule has 1 N–H and O–H groups in total. The van der Waals surface area contributed by atoms with E-state index in [1.54, 1.807) is 7.11 Å². The number of amides is 1. The van der Waals surface area contributed by atoms with Crippen LogP contribution >= 0.6 is 0 Å². The van der Waals surface area contributed by atoms with Gasteiger partial charge in [0.15, 0.2) is 5.96 Å². The molecule has 2 aliphatic heterocycles. The molecule has 29 heavy (non-hydrogen) atoms. The van der Waals surface area contributed by atoms with Crippen molar-refractivity contribution in [1.29, 1.82) is 0 Å². The third-order valence-corrected chi connectivity index (χ3v) is 7.28. The molecule has 0 radical (unpaired) electrons. The molecule has 2 unspecified atom stereocenters. The molecule has 0 aromatic rings. The van der Waals surface area contributed by atoms with Crippen molar-refractivity contribution in [3.8, 4) is 0 Å². The minimum atomic E-state index is -0.0967. The predicted molar refractivity (Wildman–Crippen MR) is 114 cm³/mol. The first-order valence-electron chi connectivity index (χ1n) is 11.0. The number of carbonyl (C=O) groups excluding carboxylic acids is 1. The Morgan fingerprint density at radius 2 is 1.76 bits per heavy atom. The molecule has 2 saturated heterocycles. The van der Waals surface area contributed by atoms with Crippen molar-refractivity contribution in [1.82, 2.24) is 20.0 Å². The van der Waals surface area contributed by atoms with Crippen molar-refractivity contribution in [2.24, 2.45) is 10.4 Å². The maximum Gasteiger partial charge on any atom is 0.236 e. The molecule has 3 rings (SSSR count). The van der Waals surface area contributed by atoms with Gasteiger partial charge >= 0.3 is 0 Å². The zero-order valence-corrected chi connectivity index (χ0v) is 18.9. The standard InChI is InChI=1S/C21H39N5O3/c1-6-22-19(23-17-15-21(4,28-5)20(17,2)3)26-9-7-24(8-10-26)16-18(27)25-11-13-29-14-12-25/h17H,6-16H2,1-5H3,(H,22,23). The SMILES string of the molecule is CCN=C(NC1CC(C)(OC)C1(C)C)N1CCN(CC(=O)N2CCOCC2)CC1. The van der Waals surface area contributed by atoms with Gasteiger partial charge < -0.3 is 24.6 Å². The van der Waals surface area contributed by atoms with Gasteiger partial charge in [-0.3, -0.25) is 14.7 Å². The van der Waals surface area contributed by atoms with Gasteiger partial charge in [0.2, 0.25) is 5.91 Å². The van der Waals surface area contributed by atoms with Crippen molar-refractivity contribution in [3.63, 3.8) is 0 Å². The van der Waals surface area contributed by atoms with Crippen LogP contribution in [0.15, 0.2) is 4.99 Å². The second kappa shape index (κ2) is 9.18. The number of nitrogens with zero attached hydrogens (tertiary/aromatic N) is 4. The number of morpholine rings is 1. The van der Waals surface area contributed by atoms with Crippen LogP contribution in [0.3, 0.4) is 0 Å². The zero-order chi connectivity index (χ0) is 21.1. The van der Waals surface area contributed by atoms with Crippen LogP contribution in [0.25, 0.3) is 0 Å². The number of carbonyl (C=O) groups is 1. The quantitative estimate of drug-likeness (QED) is 0.531. The monoisotopic (exact) mass is 409 g/mol. The van der Waals surface area contributed by atoms with E-state index in [1.807, 2.05) is 4.90 Å². The lowest BCUT2D eigenvalue weighted by atomic mass is 9.56. The van der Waals surface area contributed by atoms with Crippen LogP contribution in [-0.4, -0.2) is 111 Å². The Bertz CT molecular complexity index is 597. The molecule has 2 heterocycles. The van der Waals surface area contributed by atoms with Crippen LogP contribution in [0.2, 0.25) is 0 Å². The lowest BCUT2D eigenvalue weighted by molar-refractivity contribution is -0.177. The average Bonchev–Trinajstić information content (AvgIpc) is 2.73. The summed E-state index contributed by atoms with van der Waals surface area (Å²) in [5.74, 6) is 1.21. The summed E-state index contributed by atoms with van der Waals surface area (Å²) in [6, 6.07) is 0.346. The summed E-state index contributed by atoms with van der Waals surface area (Å²) in [7, 11) is 1.80. The highest BCUT2D eigenvalue weighted by Crippen LogP contribution is 2.51. The second-order valence-electron chi connectivity index (χ2n) is 9.11. The summed E-state index contributed by atoms with van der Waals surface area (Å²) >= 11 is 0. The molecule has 3 aliphatic rings. The molecule has 2 atom stereocenters. The lowest BCUT2D eigenvalue weighted by Crippen LogP contribution is -2.70. The Morgan fingerprint density at radius 1 is 1.10 bits per heavy atom. The molecular weight excluding hydrogens is 370 g/mol. The van der Waals surface area contributed by atoms with E-state index >= 15 is 0 Å². The maximum atomic E-state index is 12.5. The molecule has 1 saturated carbocycles. The average molecular weight is 410 g/mol. The van der Waals surface area contributed by atoms with Crippen molar-refractivity contribution in [3.05, 3.63) is 0 Å². The molecule has 1 aliphatic carbocycles. The molecule has 1 amide bonds. The predicted octanol–water partition coefficient (Wildman–Crippen LogP) is 0.632. The van der Waals surface area contributed by atoms with Crippen molar-refractivity contribution in [2.45, 2.75) is 45.8 Å². The highest BCUT2D eigenvalue weighted by Gasteiger charge is 2.58. The van der Waals surface area contributed by atoms with Gasteiger partial charge in [-0.1, -0.05) is 13.8 Å². The number of piperazine rings is 1. The molecule has 8 nitrogen and oxygen atoms in total. The zero-order valence-electron chi connectivity index (χ0n) is 18.9. The van der Waals surface area contributed by atoms with Gasteiger partial charge in [-0.25, -0.2) is 0 Å². The first-order valence-corrected chi connectivity index (χ1v) is 11.0. The summed E-state index contributed by atoms with van der Waals surface area (Å²) in [4.78, 5) is 23.8. The van der Waals surface area contributed by atoms with Crippen LogP contribution in [0.4, 0.5) is 0 Å². The minimum Gasteiger partial charge on any atom is -0.378 e. The van der Waals surface area contributed by atoms with E-state index in [9.17, 15) is 4.79 Å². The van der Waals surface area contributed by atoms with E-state index in [0.717, 1.165) is 45.1 Å². The Hall–Kier alpha value is -1.38. The molecule has 0 bridgehead atoms. The third-order valence-electron chi connectivity index (χ3n) is 7.28. The van der Waals surface area contributed by atoms with Gasteiger partial charge in [-0.2, -0.15) is 0 Å². The number of hydrogen-bond acceptors (Lipinski definition) is 5. The van der Waals surface area contributed by atoms with Crippen molar-refractivity contribution in [2.75, 3.05) is 72.7 Å². The van der Waals surface area contributed by atoms with Gasteiger partial charge in [0, 0.05) is 64.4 Å². The first kappa shape index (κ1) is 22.3. The number of methoxy groups -OCH3 is 1. The number of aliphatic imine (C=N–C) groups is 1. The third kappa shape index (κ3) is 4.70. The maximum absolute atomic E-state index is 12.5. The van der Waals surface area contributed by atoms with Crippen LogP contribution in [-0.2, 0) is 14.3 Å². The van der Waals surface area contributed by atoms with E-state index in [2.05, 4.69) is 42.8 Å². The van der Waals surface area contributed by atoms with E-state index in [1.165, 1.54) is 0 Å². The summed E-state index contributed by atoms with van der Waals surface area (Å²) in [5.41, 5.74) is -0.0524.